The van der Waals surface area contributed by atoms with Gasteiger partial charge in [-0.15, -0.1) is 0 Å². The highest BCUT2D eigenvalue weighted by molar-refractivity contribution is 9.10. The lowest BCUT2D eigenvalue weighted by atomic mass is 9.97. The van der Waals surface area contributed by atoms with Crippen molar-refractivity contribution in [2.75, 3.05) is 0 Å². The minimum absolute atomic E-state index is 1.06. The molecule has 0 bridgehead atoms. The minimum Gasteiger partial charge on any atom is -0.0616 e. The van der Waals surface area contributed by atoms with Gasteiger partial charge >= 0.3 is 0 Å². The Morgan fingerprint density at radius 2 is 1.50 bits per heavy atom. The first-order chi connectivity index (χ1) is 9.83. The summed E-state index contributed by atoms with van der Waals surface area (Å²) in [4.78, 5) is 0. The van der Waals surface area contributed by atoms with E-state index in [1.807, 2.05) is 0 Å². The zero-order valence-corrected chi connectivity index (χ0v) is 12.4. The van der Waals surface area contributed by atoms with E-state index in [0.717, 1.165) is 6.42 Å². The normalized spacial score (nSPS) is 13.1. The van der Waals surface area contributed by atoms with Gasteiger partial charge in [0.25, 0.3) is 0 Å². The highest BCUT2D eigenvalue weighted by atomic mass is 79.9. The lowest BCUT2D eigenvalue weighted by Gasteiger charge is -2.09. The van der Waals surface area contributed by atoms with Gasteiger partial charge < -0.3 is 0 Å². The van der Waals surface area contributed by atoms with Crippen molar-refractivity contribution >= 4 is 48.2 Å². The van der Waals surface area contributed by atoms with Crippen LogP contribution in [0.3, 0.4) is 0 Å². The molecular weight excluding hydrogens is 308 g/mol. The molecule has 1 heteroatoms. The fourth-order valence-corrected chi connectivity index (χ4v) is 4.23. The molecule has 4 aromatic rings. The summed E-state index contributed by atoms with van der Waals surface area (Å²) in [5.41, 5.74) is 2.93. The Labute approximate surface area is 125 Å². The van der Waals surface area contributed by atoms with E-state index in [2.05, 4.69) is 70.5 Å². The van der Waals surface area contributed by atoms with Gasteiger partial charge in [0.05, 0.1) is 0 Å². The van der Waals surface area contributed by atoms with E-state index in [1.165, 1.54) is 47.9 Å². The highest BCUT2D eigenvalue weighted by Crippen LogP contribution is 2.44. The average molecular weight is 319 g/mol. The molecule has 20 heavy (non-hydrogen) atoms. The molecule has 1 aliphatic rings. The van der Waals surface area contributed by atoms with Crippen LogP contribution in [0.25, 0.3) is 32.3 Å². The van der Waals surface area contributed by atoms with Crippen molar-refractivity contribution in [2.45, 2.75) is 6.42 Å². The Hall–Kier alpha value is -1.86. The van der Waals surface area contributed by atoms with E-state index < -0.39 is 0 Å². The quantitative estimate of drug-likeness (QED) is 0.316. The van der Waals surface area contributed by atoms with Gasteiger partial charge in [-0.1, -0.05) is 64.5 Å². The van der Waals surface area contributed by atoms with Crippen LogP contribution in [-0.2, 0) is 6.42 Å². The summed E-state index contributed by atoms with van der Waals surface area (Å²) >= 11 is 3.76. The van der Waals surface area contributed by atoms with Gasteiger partial charge in [-0.3, -0.25) is 0 Å². The number of rotatable bonds is 0. The lowest BCUT2D eigenvalue weighted by molar-refractivity contribution is 1.28. The summed E-state index contributed by atoms with van der Waals surface area (Å²) in [6.07, 6.45) is 1.06. The molecule has 0 N–H and O–H groups in total. The summed E-state index contributed by atoms with van der Waals surface area (Å²) in [5.74, 6) is 0. The fraction of sp³-hybridized carbons (Fsp3) is 0.0526. The van der Waals surface area contributed by atoms with Crippen LogP contribution in [0.15, 0.2) is 59.1 Å². The fourth-order valence-electron chi connectivity index (χ4n) is 3.67. The molecule has 94 valence electrons. The molecule has 0 atom stereocenters. The maximum Gasteiger partial charge on any atom is 0.0260 e. The van der Waals surface area contributed by atoms with Crippen molar-refractivity contribution in [2.24, 2.45) is 0 Å². The summed E-state index contributed by atoms with van der Waals surface area (Å²) in [7, 11) is 0. The van der Waals surface area contributed by atoms with Crippen molar-refractivity contribution in [3.63, 3.8) is 0 Å². The second-order valence-electron chi connectivity index (χ2n) is 5.55. The first-order valence-corrected chi connectivity index (χ1v) is 7.67. The molecule has 4 aromatic carbocycles. The Morgan fingerprint density at radius 3 is 2.45 bits per heavy atom. The Bertz CT molecular complexity index is 1030. The SMILES string of the molecule is Brc1cc2c3ccccc3cc3c2c2c(cccc12)C3. The van der Waals surface area contributed by atoms with Crippen LogP contribution in [0.4, 0.5) is 0 Å². The summed E-state index contributed by atoms with van der Waals surface area (Å²) < 4.78 is 1.20. The predicted molar refractivity (Wildman–Crippen MR) is 89.5 cm³/mol. The van der Waals surface area contributed by atoms with Crippen LogP contribution >= 0.6 is 15.9 Å². The first kappa shape index (κ1) is 10.9. The maximum absolute atomic E-state index is 3.76. The van der Waals surface area contributed by atoms with Crippen molar-refractivity contribution in [3.8, 4) is 0 Å². The third-order valence-electron chi connectivity index (χ3n) is 4.48. The van der Waals surface area contributed by atoms with Gasteiger partial charge in [0.15, 0.2) is 0 Å². The van der Waals surface area contributed by atoms with E-state index in [-0.39, 0.29) is 0 Å². The summed E-state index contributed by atoms with van der Waals surface area (Å²) in [6, 6.07) is 20.0. The maximum atomic E-state index is 3.76. The van der Waals surface area contributed by atoms with Crippen LogP contribution in [-0.4, -0.2) is 0 Å². The van der Waals surface area contributed by atoms with Crippen LogP contribution in [0.5, 0.6) is 0 Å². The molecule has 0 nitrogen and oxygen atoms in total. The van der Waals surface area contributed by atoms with Gasteiger partial charge in [0.1, 0.15) is 0 Å². The van der Waals surface area contributed by atoms with Crippen LogP contribution < -0.4 is 0 Å². The number of hydrogen-bond acceptors (Lipinski definition) is 0. The van der Waals surface area contributed by atoms with Crippen LogP contribution in [0, 0.1) is 0 Å². The number of fused-ring (bicyclic) bond motifs is 2. The Morgan fingerprint density at radius 1 is 0.700 bits per heavy atom. The van der Waals surface area contributed by atoms with E-state index in [9.17, 15) is 0 Å². The monoisotopic (exact) mass is 318 g/mol. The van der Waals surface area contributed by atoms with E-state index in [4.69, 9.17) is 0 Å². The first-order valence-electron chi connectivity index (χ1n) is 6.87. The topological polar surface area (TPSA) is 0 Å². The second-order valence-corrected chi connectivity index (χ2v) is 6.41. The molecule has 0 aliphatic heterocycles. The largest absolute Gasteiger partial charge is 0.0616 e. The van der Waals surface area contributed by atoms with Crippen LogP contribution in [0.2, 0.25) is 0 Å². The molecular formula is C19H11Br. The number of benzene rings is 4. The summed E-state index contributed by atoms with van der Waals surface area (Å²) in [5, 5.41) is 8.31. The van der Waals surface area contributed by atoms with Gasteiger partial charge in [0, 0.05) is 4.47 Å². The Balaban J connectivity index is 2.18. The molecule has 0 radical (unpaired) electrons. The van der Waals surface area contributed by atoms with E-state index in [1.54, 1.807) is 0 Å². The van der Waals surface area contributed by atoms with Gasteiger partial charge in [-0.25, -0.2) is 0 Å². The molecule has 0 amide bonds. The summed E-state index contributed by atoms with van der Waals surface area (Å²) in [6.45, 7) is 0. The van der Waals surface area contributed by atoms with Crippen molar-refractivity contribution < 1.29 is 0 Å². The van der Waals surface area contributed by atoms with Crippen molar-refractivity contribution in [1.29, 1.82) is 0 Å². The van der Waals surface area contributed by atoms with Gasteiger partial charge in [-0.05, 0) is 55.9 Å². The highest BCUT2D eigenvalue weighted by Gasteiger charge is 2.20. The molecule has 0 aromatic heterocycles. The molecule has 0 saturated carbocycles. The lowest BCUT2D eigenvalue weighted by Crippen LogP contribution is -1.83. The second kappa shape index (κ2) is 3.62. The van der Waals surface area contributed by atoms with Crippen molar-refractivity contribution in [1.82, 2.24) is 0 Å². The number of halogens is 1. The molecule has 0 spiro atoms. The minimum atomic E-state index is 1.06. The Kier molecular flexibility index (Phi) is 1.97. The molecule has 0 saturated heterocycles. The van der Waals surface area contributed by atoms with E-state index >= 15 is 0 Å². The zero-order valence-electron chi connectivity index (χ0n) is 10.8. The molecule has 5 rings (SSSR count). The predicted octanol–water partition coefficient (Wildman–Crippen LogP) is 5.81. The molecule has 1 aliphatic carbocycles. The average Bonchev–Trinajstić information content (AvgIpc) is 2.84. The van der Waals surface area contributed by atoms with Gasteiger partial charge in [0.2, 0.25) is 0 Å². The van der Waals surface area contributed by atoms with Gasteiger partial charge in [-0.2, -0.15) is 0 Å². The molecule has 0 heterocycles. The molecule has 0 fully saturated rings. The van der Waals surface area contributed by atoms with E-state index in [0.29, 0.717) is 0 Å². The third kappa shape index (κ3) is 1.22. The van der Waals surface area contributed by atoms with Crippen LogP contribution in [0.1, 0.15) is 11.1 Å². The number of hydrogen-bond donors (Lipinski definition) is 0. The smallest absolute Gasteiger partial charge is 0.0260 e. The van der Waals surface area contributed by atoms with Crippen molar-refractivity contribution in [3.05, 3.63) is 70.2 Å². The third-order valence-corrected chi connectivity index (χ3v) is 5.14. The molecule has 0 unspecified atom stereocenters. The zero-order chi connectivity index (χ0) is 13.3. The standard InChI is InChI=1S/C19H11Br/c20-17-10-16-14-6-2-1-4-11(14)8-13-9-12-5-3-7-15(17)18(12)19(13)16/h1-8,10H,9H2.